The zero-order valence-corrected chi connectivity index (χ0v) is 19.8. The molecule has 0 spiro atoms. The Morgan fingerprint density at radius 3 is 2.61 bits per heavy atom. The number of aryl methyl sites for hydroxylation is 3. The minimum absolute atomic E-state index is 0.0933. The van der Waals surface area contributed by atoms with Gasteiger partial charge in [-0.15, -0.1) is 0 Å². The van der Waals surface area contributed by atoms with Crippen molar-refractivity contribution < 1.29 is 9.53 Å². The van der Waals surface area contributed by atoms with Crippen LogP contribution in [0, 0.1) is 20.8 Å². The van der Waals surface area contributed by atoms with Crippen molar-refractivity contribution in [1.82, 2.24) is 19.7 Å². The lowest BCUT2D eigenvalue weighted by Gasteiger charge is -2.29. The van der Waals surface area contributed by atoms with Crippen molar-refractivity contribution in [2.45, 2.75) is 40.7 Å². The lowest BCUT2D eigenvalue weighted by Crippen LogP contribution is -2.43. The van der Waals surface area contributed by atoms with Crippen LogP contribution in [0.1, 0.15) is 47.2 Å². The van der Waals surface area contributed by atoms with Gasteiger partial charge in [0.15, 0.2) is 10.8 Å². The van der Waals surface area contributed by atoms with E-state index in [-0.39, 0.29) is 11.9 Å². The third-order valence-corrected chi connectivity index (χ3v) is 6.89. The summed E-state index contributed by atoms with van der Waals surface area (Å²) in [5, 5.41) is 5.34. The number of carbonyl (C=O) groups is 1. The Balaban J connectivity index is 1.67. The van der Waals surface area contributed by atoms with Gasteiger partial charge >= 0.3 is 0 Å². The van der Waals surface area contributed by atoms with Crippen LogP contribution in [0.3, 0.4) is 0 Å². The Kier molecular flexibility index (Phi) is 6.41. The van der Waals surface area contributed by atoms with Gasteiger partial charge in [-0.2, -0.15) is 5.10 Å². The molecule has 0 N–H and O–H groups in total. The Morgan fingerprint density at radius 2 is 1.94 bits per heavy atom. The second kappa shape index (κ2) is 9.06. The van der Waals surface area contributed by atoms with Gasteiger partial charge in [0.2, 0.25) is 0 Å². The number of rotatable bonds is 6. The first-order chi connectivity index (χ1) is 14.8. The highest BCUT2D eigenvalue weighted by molar-refractivity contribution is 7.22. The topological polar surface area (TPSA) is 63.5 Å². The number of thiazole rings is 1. The zero-order chi connectivity index (χ0) is 22.1. The van der Waals surface area contributed by atoms with Crippen LogP contribution in [0.15, 0.2) is 18.2 Å². The first kappa shape index (κ1) is 21.9. The Morgan fingerprint density at radius 1 is 1.19 bits per heavy atom. The van der Waals surface area contributed by atoms with Crippen molar-refractivity contribution in [3.8, 4) is 0 Å². The molecule has 3 heterocycles. The number of ether oxygens (including phenoxy) is 1. The van der Waals surface area contributed by atoms with Gasteiger partial charge in [-0.05, 0) is 57.9 Å². The molecule has 8 heteroatoms. The van der Waals surface area contributed by atoms with Crippen molar-refractivity contribution >= 4 is 32.6 Å². The number of nitrogens with zero attached hydrogens (tertiary/aromatic N) is 5. The van der Waals surface area contributed by atoms with E-state index in [1.54, 1.807) is 16.2 Å². The summed E-state index contributed by atoms with van der Waals surface area (Å²) in [6.07, 6.45) is 0. The average Bonchev–Trinajstić information content (AvgIpc) is 3.32. The van der Waals surface area contributed by atoms with Crippen LogP contribution < -0.4 is 4.90 Å². The molecule has 0 saturated carbocycles. The van der Waals surface area contributed by atoms with Gasteiger partial charge in [-0.1, -0.05) is 17.4 Å². The molecule has 1 aromatic carbocycles. The third kappa shape index (κ3) is 4.66. The maximum atomic E-state index is 13.6. The van der Waals surface area contributed by atoms with Crippen LogP contribution in [-0.4, -0.2) is 65.0 Å². The maximum Gasteiger partial charge on any atom is 0.280 e. The van der Waals surface area contributed by atoms with Crippen LogP contribution in [0.5, 0.6) is 0 Å². The molecule has 1 saturated heterocycles. The molecule has 0 atom stereocenters. The van der Waals surface area contributed by atoms with E-state index in [1.165, 1.54) is 11.1 Å². The average molecular weight is 442 g/mol. The van der Waals surface area contributed by atoms with Gasteiger partial charge in [-0.25, -0.2) is 4.98 Å². The summed E-state index contributed by atoms with van der Waals surface area (Å²) < 4.78 is 8.50. The molecule has 1 aliphatic heterocycles. The maximum absolute atomic E-state index is 13.6. The van der Waals surface area contributed by atoms with Crippen molar-refractivity contribution in [2.24, 2.45) is 0 Å². The highest BCUT2D eigenvalue weighted by Gasteiger charge is 2.26. The van der Waals surface area contributed by atoms with E-state index in [1.807, 2.05) is 17.7 Å². The predicted molar refractivity (Wildman–Crippen MR) is 125 cm³/mol. The summed E-state index contributed by atoms with van der Waals surface area (Å²) in [6, 6.07) is 6.34. The smallest absolute Gasteiger partial charge is 0.280 e. The summed E-state index contributed by atoms with van der Waals surface area (Å²) >= 11 is 1.58. The molecule has 0 bridgehead atoms. The fraction of sp³-hybridized carbons (Fsp3) is 0.522. The number of amides is 1. The number of aromatic nitrogens is 3. The summed E-state index contributed by atoms with van der Waals surface area (Å²) in [5.74, 6) is -0.0933. The summed E-state index contributed by atoms with van der Waals surface area (Å²) in [7, 11) is 0. The number of fused-ring (bicyclic) bond motifs is 1. The predicted octanol–water partition coefficient (Wildman–Crippen LogP) is 3.98. The fourth-order valence-corrected chi connectivity index (χ4v) is 5.12. The first-order valence-electron chi connectivity index (χ1n) is 10.9. The molecule has 0 unspecified atom stereocenters. The molecule has 166 valence electrons. The van der Waals surface area contributed by atoms with Crippen molar-refractivity contribution in [1.29, 1.82) is 0 Å². The van der Waals surface area contributed by atoms with Crippen molar-refractivity contribution in [3.05, 3.63) is 40.7 Å². The van der Waals surface area contributed by atoms with E-state index >= 15 is 0 Å². The molecule has 0 aliphatic carbocycles. The summed E-state index contributed by atoms with van der Waals surface area (Å²) in [5.41, 5.74) is 4.78. The van der Waals surface area contributed by atoms with Gasteiger partial charge in [0.1, 0.15) is 0 Å². The zero-order valence-electron chi connectivity index (χ0n) is 19.0. The number of hydrogen-bond acceptors (Lipinski definition) is 6. The number of benzene rings is 1. The van der Waals surface area contributed by atoms with Gasteiger partial charge in [0, 0.05) is 37.9 Å². The minimum Gasteiger partial charge on any atom is -0.379 e. The molecule has 2 aromatic heterocycles. The lowest BCUT2D eigenvalue weighted by atomic mass is 10.1. The molecule has 3 aromatic rings. The quantitative estimate of drug-likeness (QED) is 0.579. The minimum atomic E-state index is -0.0933. The van der Waals surface area contributed by atoms with E-state index in [9.17, 15) is 4.79 Å². The van der Waals surface area contributed by atoms with Crippen molar-refractivity contribution in [2.75, 3.05) is 44.3 Å². The monoisotopic (exact) mass is 441 g/mol. The third-order valence-electron chi connectivity index (χ3n) is 5.66. The van der Waals surface area contributed by atoms with E-state index in [0.29, 0.717) is 12.2 Å². The van der Waals surface area contributed by atoms with E-state index in [2.05, 4.69) is 49.8 Å². The number of morpholine rings is 1. The lowest BCUT2D eigenvalue weighted by molar-refractivity contribution is 0.0391. The van der Waals surface area contributed by atoms with Crippen LogP contribution in [0.25, 0.3) is 10.2 Å². The van der Waals surface area contributed by atoms with E-state index < -0.39 is 0 Å². The van der Waals surface area contributed by atoms with E-state index in [0.717, 1.165) is 53.9 Å². The molecule has 0 radical (unpaired) electrons. The van der Waals surface area contributed by atoms with Gasteiger partial charge in [0.05, 0.1) is 23.4 Å². The second-order valence-corrected chi connectivity index (χ2v) is 9.52. The van der Waals surface area contributed by atoms with Crippen LogP contribution >= 0.6 is 11.3 Å². The highest BCUT2D eigenvalue weighted by atomic mass is 32.1. The fourth-order valence-electron chi connectivity index (χ4n) is 4.08. The Labute approximate surface area is 187 Å². The van der Waals surface area contributed by atoms with Crippen molar-refractivity contribution in [3.63, 3.8) is 0 Å². The molecule has 31 heavy (non-hydrogen) atoms. The summed E-state index contributed by atoms with van der Waals surface area (Å²) in [6.45, 7) is 14.9. The SMILES string of the molecule is Cc1cc(C)c2sc(N(CCN3CCOCC3)C(=O)c3cc(C)n(C(C)C)n3)nc2c1. The molecule has 1 fully saturated rings. The normalized spacial score (nSPS) is 15.2. The second-order valence-electron chi connectivity index (χ2n) is 8.55. The van der Waals surface area contributed by atoms with Crippen LogP contribution in [0.2, 0.25) is 0 Å². The molecular weight excluding hydrogens is 410 g/mol. The number of hydrogen-bond donors (Lipinski definition) is 0. The summed E-state index contributed by atoms with van der Waals surface area (Å²) in [4.78, 5) is 22.6. The van der Waals surface area contributed by atoms with Gasteiger partial charge in [-0.3, -0.25) is 19.3 Å². The Hall–Kier alpha value is -2.29. The van der Waals surface area contributed by atoms with Crippen LogP contribution in [-0.2, 0) is 4.74 Å². The van der Waals surface area contributed by atoms with E-state index in [4.69, 9.17) is 9.72 Å². The Bertz CT molecular complexity index is 1080. The molecule has 7 nitrogen and oxygen atoms in total. The number of anilines is 1. The molecular formula is C23H31N5O2S. The largest absolute Gasteiger partial charge is 0.379 e. The molecule has 4 rings (SSSR count). The standard InChI is InChI=1S/C23H31N5O2S/c1-15(2)28-18(5)14-20(25-28)22(29)27(7-6-26-8-10-30-11-9-26)23-24-19-13-16(3)12-17(4)21(19)31-23/h12-15H,6-11H2,1-5H3. The molecule has 1 aliphatic rings. The highest BCUT2D eigenvalue weighted by Crippen LogP contribution is 2.33. The van der Waals surface area contributed by atoms with Gasteiger partial charge in [0.25, 0.3) is 5.91 Å². The van der Waals surface area contributed by atoms with Gasteiger partial charge < -0.3 is 4.74 Å². The van der Waals surface area contributed by atoms with Crippen LogP contribution in [0.4, 0.5) is 5.13 Å². The number of carbonyl (C=O) groups excluding carboxylic acids is 1. The first-order valence-corrected chi connectivity index (χ1v) is 11.7. The molecule has 1 amide bonds.